The predicted molar refractivity (Wildman–Crippen MR) is 82.3 cm³/mol. The van der Waals surface area contributed by atoms with Crippen LogP contribution in [0.15, 0.2) is 42.5 Å². The molecule has 3 rings (SSSR count). The van der Waals surface area contributed by atoms with Crippen molar-refractivity contribution in [3.05, 3.63) is 53.6 Å². The molecule has 3 aromatic rings. The molecule has 0 saturated carbocycles. The molecule has 0 radical (unpaired) electrons. The third kappa shape index (κ3) is 2.21. The Hall–Kier alpha value is -2.46. The summed E-state index contributed by atoms with van der Waals surface area (Å²) in [6.07, 6.45) is 0. The minimum Gasteiger partial charge on any atom is -0.308 e. The normalized spacial score (nSPS) is 10.8. The van der Waals surface area contributed by atoms with Gasteiger partial charge in [0.05, 0.1) is 5.52 Å². The molecule has 0 fully saturated rings. The van der Waals surface area contributed by atoms with E-state index in [1.165, 1.54) is 11.1 Å². The summed E-state index contributed by atoms with van der Waals surface area (Å²) in [6, 6.07) is 14.1. The number of rotatable bonds is 2. The van der Waals surface area contributed by atoms with E-state index in [-0.39, 0.29) is 0 Å². The molecule has 0 aliphatic rings. The van der Waals surface area contributed by atoms with Gasteiger partial charge in [0.2, 0.25) is 0 Å². The van der Waals surface area contributed by atoms with Crippen molar-refractivity contribution in [1.82, 2.24) is 9.97 Å². The van der Waals surface area contributed by atoms with Gasteiger partial charge in [0.25, 0.3) is 0 Å². The summed E-state index contributed by atoms with van der Waals surface area (Å²) in [7, 11) is 0. The molecule has 0 bridgehead atoms. The second-order valence-electron chi connectivity index (χ2n) is 4.93. The monoisotopic (exact) mass is 264 g/mol. The van der Waals surface area contributed by atoms with E-state index in [4.69, 9.17) is 5.84 Å². The summed E-state index contributed by atoms with van der Waals surface area (Å²) < 4.78 is 0. The molecule has 0 saturated heterocycles. The molecular formula is C16H16N4. The van der Waals surface area contributed by atoms with Gasteiger partial charge in [-0.1, -0.05) is 29.3 Å². The van der Waals surface area contributed by atoms with Crippen molar-refractivity contribution in [3.63, 3.8) is 0 Å². The quantitative estimate of drug-likeness (QED) is 0.551. The SMILES string of the molecule is Cc1cc(C)cc(-c2nc(NN)c3ccccc3n2)c1. The van der Waals surface area contributed by atoms with Gasteiger partial charge < -0.3 is 5.43 Å². The van der Waals surface area contributed by atoms with Crippen molar-refractivity contribution in [2.45, 2.75) is 13.8 Å². The summed E-state index contributed by atoms with van der Waals surface area (Å²) in [6.45, 7) is 4.14. The highest BCUT2D eigenvalue weighted by Gasteiger charge is 2.09. The zero-order valence-electron chi connectivity index (χ0n) is 11.5. The van der Waals surface area contributed by atoms with E-state index in [1.54, 1.807) is 0 Å². The van der Waals surface area contributed by atoms with E-state index >= 15 is 0 Å². The molecule has 20 heavy (non-hydrogen) atoms. The van der Waals surface area contributed by atoms with Gasteiger partial charge in [-0.15, -0.1) is 0 Å². The number of nitrogens with two attached hydrogens (primary N) is 1. The first kappa shape index (κ1) is 12.6. The third-order valence-electron chi connectivity index (χ3n) is 3.22. The molecule has 0 atom stereocenters. The van der Waals surface area contributed by atoms with Crippen molar-refractivity contribution < 1.29 is 0 Å². The number of para-hydroxylation sites is 1. The van der Waals surface area contributed by atoms with E-state index in [0.29, 0.717) is 11.6 Å². The molecule has 1 heterocycles. The van der Waals surface area contributed by atoms with Gasteiger partial charge >= 0.3 is 0 Å². The van der Waals surface area contributed by atoms with Gasteiger partial charge in [-0.25, -0.2) is 15.8 Å². The third-order valence-corrected chi connectivity index (χ3v) is 3.22. The number of nitrogens with zero attached hydrogens (tertiary/aromatic N) is 2. The summed E-state index contributed by atoms with van der Waals surface area (Å²) >= 11 is 0. The lowest BCUT2D eigenvalue weighted by molar-refractivity contribution is 1.18. The largest absolute Gasteiger partial charge is 0.308 e. The van der Waals surface area contributed by atoms with Gasteiger partial charge in [-0.2, -0.15) is 0 Å². The minimum atomic E-state index is 0.643. The maximum absolute atomic E-state index is 5.58. The number of aromatic nitrogens is 2. The molecule has 100 valence electrons. The van der Waals surface area contributed by atoms with E-state index in [1.807, 2.05) is 24.3 Å². The molecule has 4 nitrogen and oxygen atoms in total. The Balaban J connectivity index is 2.26. The molecule has 0 spiro atoms. The number of hydrazine groups is 1. The Morgan fingerprint density at radius 2 is 1.65 bits per heavy atom. The van der Waals surface area contributed by atoms with Crippen LogP contribution in [0.2, 0.25) is 0 Å². The maximum atomic E-state index is 5.58. The van der Waals surface area contributed by atoms with Gasteiger partial charge in [0.1, 0.15) is 0 Å². The standard InChI is InChI=1S/C16H16N4/c1-10-7-11(2)9-12(8-10)15-18-14-6-4-3-5-13(14)16(19-15)20-17/h3-9H,17H2,1-2H3,(H,18,19,20). The minimum absolute atomic E-state index is 0.643. The lowest BCUT2D eigenvalue weighted by atomic mass is 10.1. The average molecular weight is 264 g/mol. The molecule has 0 amide bonds. The van der Waals surface area contributed by atoms with Crippen LogP contribution in [0, 0.1) is 13.8 Å². The Kier molecular flexibility index (Phi) is 3.08. The number of nitrogens with one attached hydrogen (secondary N) is 1. The topological polar surface area (TPSA) is 63.8 Å². The lowest BCUT2D eigenvalue weighted by Crippen LogP contribution is -2.10. The molecule has 0 aliphatic carbocycles. The highest BCUT2D eigenvalue weighted by Crippen LogP contribution is 2.25. The number of hydrogen-bond donors (Lipinski definition) is 2. The fourth-order valence-electron chi connectivity index (χ4n) is 2.42. The summed E-state index contributed by atoms with van der Waals surface area (Å²) in [4.78, 5) is 9.15. The van der Waals surface area contributed by atoms with E-state index in [9.17, 15) is 0 Å². The van der Waals surface area contributed by atoms with Crippen LogP contribution < -0.4 is 11.3 Å². The highest BCUT2D eigenvalue weighted by atomic mass is 15.3. The number of anilines is 1. The Bertz CT molecular complexity index is 760. The average Bonchev–Trinajstić information content (AvgIpc) is 2.45. The van der Waals surface area contributed by atoms with E-state index in [0.717, 1.165) is 16.5 Å². The van der Waals surface area contributed by atoms with Gasteiger partial charge in [0.15, 0.2) is 11.6 Å². The van der Waals surface area contributed by atoms with Crippen LogP contribution >= 0.6 is 0 Å². The van der Waals surface area contributed by atoms with Crippen molar-refractivity contribution in [1.29, 1.82) is 0 Å². The Morgan fingerprint density at radius 3 is 2.35 bits per heavy atom. The smallest absolute Gasteiger partial charge is 0.162 e. The first-order valence-electron chi connectivity index (χ1n) is 6.49. The van der Waals surface area contributed by atoms with Crippen molar-refractivity contribution in [2.75, 3.05) is 5.43 Å². The fraction of sp³-hybridized carbons (Fsp3) is 0.125. The van der Waals surface area contributed by atoms with Gasteiger partial charge in [-0.3, -0.25) is 0 Å². The first-order valence-corrected chi connectivity index (χ1v) is 6.49. The van der Waals surface area contributed by atoms with Crippen LogP contribution in [-0.2, 0) is 0 Å². The van der Waals surface area contributed by atoms with Crippen LogP contribution in [-0.4, -0.2) is 9.97 Å². The fourth-order valence-corrected chi connectivity index (χ4v) is 2.42. The molecular weight excluding hydrogens is 248 g/mol. The first-order chi connectivity index (χ1) is 9.67. The highest BCUT2D eigenvalue weighted by molar-refractivity contribution is 5.90. The Morgan fingerprint density at radius 1 is 0.950 bits per heavy atom. The lowest BCUT2D eigenvalue weighted by Gasteiger charge is -2.09. The molecule has 2 aromatic carbocycles. The van der Waals surface area contributed by atoms with Gasteiger partial charge in [-0.05, 0) is 38.1 Å². The van der Waals surface area contributed by atoms with Crippen LogP contribution in [0.25, 0.3) is 22.3 Å². The summed E-state index contributed by atoms with van der Waals surface area (Å²) in [5, 5.41) is 0.920. The van der Waals surface area contributed by atoms with Crippen LogP contribution in [0.1, 0.15) is 11.1 Å². The molecule has 4 heteroatoms. The molecule has 0 aliphatic heterocycles. The summed E-state index contributed by atoms with van der Waals surface area (Å²) in [5.74, 6) is 6.91. The molecule has 3 N–H and O–H groups in total. The van der Waals surface area contributed by atoms with Crippen molar-refractivity contribution in [3.8, 4) is 11.4 Å². The van der Waals surface area contributed by atoms with E-state index in [2.05, 4.69) is 47.4 Å². The second kappa shape index (κ2) is 4.90. The van der Waals surface area contributed by atoms with Crippen molar-refractivity contribution in [2.24, 2.45) is 5.84 Å². The number of fused-ring (bicyclic) bond motifs is 1. The van der Waals surface area contributed by atoms with Crippen molar-refractivity contribution >= 4 is 16.7 Å². The summed E-state index contributed by atoms with van der Waals surface area (Å²) in [5.41, 5.74) is 6.93. The van der Waals surface area contributed by atoms with Gasteiger partial charge in [0, 0.05) is 10.9 Å². The predicted octanol–water partition coefficient (Wildman–Crippen LogP) is 3.20. The number of hydrogen-bond acceptors (Lipinski definition) is 4. The van der Waals surface area contributed by atoms with Crippen LogP contribution in [0.3, 0.4) is 0 Å². The second-order valence-corrected chi connectivity index (χ2v) is 4.93. The van der Waals surface area contributed by atoms with Crippen LogP contribution in [0.5, 0.6) is 0 Å². The van der Waals surface area contributed by atoms with E-state index < -0.39 is 0 Å². The molecule has 1 aromatic heterocycles. The molecule has 0 unspecified atom stereocenters. The zero-order chi connectivity index (χ0) is 14.1. The maximum Gasteiger partial charge on any atom is 0.162 e. The Labute approximate surface area is 117 Å². The van der Waals surface area contributed by atoms with Crippen LogP contribution in [0.4, 0.5) is 5.82 Å². The number of benzene rings is 2. The number of aryl methyl sites for hydroxylation is 2. The zero-order valence-corrected chi connectivity index (χ0v) is 11.5. The number of nitrogen functional groups attached to an aromatic ring is 1.